The highest BCUT2D eigenvalue weighted by Gasteiger charge is 2.03. The normalized spacial score (nSPS) is 10.9. The number of aliphatic hydroxyl groups is 8. The molecule has 0 saturated heterocycles. The predicted octanol–water partition coefficient (Wildman–Crippen LogP) is -1.87. The van der Waals surface area contributed by atoms with Crippen LogP contribution >= 0.6 is 0 Å². The third kappa shape index (κ3) is 13.6. The van der Waals surface area contributed by atoms with E-state index < -0.39 is 25.2 Å². The first-order valence-corrected chi connectivity index (χ1v) is 9.31. The van der Waals surface area contributed by atoms with Gasteiger partial charge in [-0.05, 0) is 48.5 Å². The van der Waals surface area contributed by atoms with Crippen molar-refractivity contribution in [1.82, 2.24) is 0 Å². The Labute approximate surface area is 183 Å². The van der Waals surface area contributed by atoms with Crippen LogP contribution in [0.15, 0.2) is 48.5 Å². The summed E-state index contributed by atoms with van der Waals surface area (Å²) in [6, 6.07) is 12.6. The van der Waals surface area contributed by atoms with E-state index in [1.807, 2.05) is 0 Å². The summed E-state index contributed by atoms with van der Waals surface area (Å²) in [6.45, 7) is -0.851. The Balaban J connectivity index is 0.000000320. The molecule has 2 aromatic carbocycles. The molecule has 2 aromatic rings. The van der Waals surface area contributed by atoms with Gasteiger partial charge in [0.25, 0.3) is 0 Å². The quantitative estimate of drug-likeness (QED) is 0.164. The Morgan fingerprint density at radius 1 is 0.375 bits per heavy atom. The summed E-state index contributed by atoms with van der Waals surface area (Å²) in [7, 11) is 0. The van der Waals surface area contributed by atoms with E-state index in [9.17, 15) is 0 Å². The maximum atomic E-state index is 8.56. The molecule has 0 aliphatic carbocycles. The fourth-order valence-electron chi connectivity index (χ4n) is 1.95. The number of benzene rings is 2. The van der Waals surface area contributed by atoms with Gasteiger partial charge in [-0.1, -0.05) is 0 Å². The molecule has 180 valence electrons. The minimum absolute atomic E-state index is 0.213. The van der Waals surface area contributed by atoms with E-state index in [0.29, 0.717) is 23.0 Å². The van der Waals surface area contributed by atoms with Gasteiger partial charge in [-0.15, -0.1) is 0 Å². The standard InChI is InChI=1S/2C10H14O6/c2*11-9(12)5-15-7-1-2-8(4-3-7)16-6-10(13)14/h2*1-4,9-14H,5-6H2. The van der Waals surface area contributed by atoms with E-state index in [-0.39, 0.29) is 26.4 Å². The molecule has 0 amide bonds. The molecule has 0 aromatic heterocycles. The second kappa shape index (κ2) is 15.2. The molecule has 2 rings (SSSR count). The average molecular weight is 460 g/mol. The number of hydrogen-bond acceptors (Lipinski definition) is 12. The molecule has 0 heterocycles. The van der Waals surface area contributed by atoms with Gasteiger partial charge in [0.2, 0.25) is 0 Å². The summed E-state index contributed by atoms with van der Waals surface area (Å²) < 4.78 is 20.0. The minimum Gasteiger partial charge on any atom is -0.488 e. The van der Waals surface area contributed by atoms with Crippen LogP contribution in [0.5, 0.6) is 23.0 Å². The highest BCUT2D eigenvalue weighted by atomic mass is 16.6. The maximum absolute atomic E-state index is 8.56. The van der Waals surface area contributed by atoms with Gasteiger partial charge in [-0.2, -0.15) is 0 Å². The highest BCUT2D eigenvalue weighted by molar-refractivity contribution is 5.32. The summed E-state index contributed by atoms with van der Waals surface area (Å²) in [6.07, 6.45) is -6.05. The molecular formula is C20H28O12. The topological polar surface area (TPSA) is 199 Å². The van der Waals surface area contributed by atoms with E-state index in [4.69, 9.17) is 59.8 Å². The van der Waals surface area contributed by atoms with Gasteiger partial charge in [0.15, 0.2) is 25.2 Å². The Kier molecular flexibility index (Phi) is 13.0. The zero-order valence-electron chi connectivity index (χ0n) is 17.0. The van der Waals surface area contributed by atoms with E-state index in [2.05, 4.69) is 0 Å². The van der Waals surface area contributed by atoms with Gasteiger partial charge < -0.3 is 59.8 Å². The van der Waals surface area contributed by atoms with Crippen molar-refractivity contribution < 1.29 is 59.8 Å². The lowest BCUT2D eigenvalue weighted by Gasteiger charge is -2.09. The van der Waals surface area contributed by atoms with Crippen molar-refractivity contribution >= 4 is 0 Å². The summed E-state index contributed by atoms with van der Waals surface area (Å²) in [5.41, 5.74) is 0. The SMILES string of the molecule is OC(O)COc1ccc(OCC(O)O)cc1.OC(O)COc1ccc(OCC(O)O)cc1. The van der Waals surface area contributed by atoms with E-state index in [0.717, 1.165) is 0 Å². The molecule has 0 spiro atoms. The highest BCUT2D eigenvalue weighted by Crippen LogP contribution is 2.18. The third-order valence-corrected chi connectivity index (χ3v) is 3.24. The van der Waals surface area contributed by atoms with Gasteiger partial charge >= 0.3 is 0 Å². The second-order valence-corrected chi connectivity index (χ2v) is 6.11. The van der Waals surface area contributed by atoms with Crippen molar-refractivity contribution in [1.29, 1.82) is 0 Å². The molecule has 32 heavy (non-hydrogen) atoms. The summed E-state index contributed by atoms with van der Waals surface area (Å²) >= 11 is 0. The smallest absolute Gasteiger partial charge is 0.186 e. The lowest BCUT2D eigenvalue weighted by atomic mass is 10.3. The summed E-state index contributed by atoms with van der Waals surface area (Å²) in [5.74, 6) is 1.85. The molecule has 0 radical (unpaired) electrons. The zero-order valence-corrected chi connectivity index (χ0v) is 17.0. The van der Waals surface area contributed by atoms with Crippen LogP contribution in [0.3, 0.4) is 0 Å². The maximum Gasteiger partial charge on any atom is 0.186 e. The van der Waals surface area contributed by atoms with E-state index in [1.165, 1.54) is 0 Å². The van der Waals surface area contributed by atoms with Crippen LogP contribution in [0, 0.1) is 0 Å². The van der Waals surface area contributed by atoms with Crippen LogP contribution in [0.25, 0.3) is 0 Å². The average Bonchev–Trinajstić information content (AvgIpc) is 2.75. The molecular weight excluding hydrogens is 432 g/mol. The van der Waals surface area contributed by atoms with Crippen LogP contribution in [0.4, 0.5) is 0 Å². The lowest BCUT2D eigenvalue weighted by molar-refractivity contribution is -0.0691. The van der Waals surface area contributed by atoms with Gasteiger partial charge in [-0.25, -0.2) is 0 Å². The number of rotatable bonds is 12. The van der Waals surface area contributed by atoms with Gasteiger partial charge in [0.05, 0.1) is 0 Å². The van der Waals surface area contributed by atoms with Crippen molar-refractivity contribution in [3.05, 3.63) is 48.5 Å². The molecule has 12 nitrogen and oxygen atoms in total. The predicted molar refractivity (Wildman–Crippen MR) is 108 cm³/mol. The Hall–Kier alpha value is -2.68. The van der Waals surface area contributed by atoms with Crippen molar-refractivity contribution in [2.75, 3.05) is 26.4 Å². The fourth-order valence-corrected chi connectivity index (χ4v) is 1.95. The van der Waals surface area contributed by atoms with Crippen LogP contribution in [0.1, 0.15) is 0 Å². The first kappa shape index (κ1) is 27.4. The molecule has 0 aliphatic heterocycles. The molecule has 0 bridgehead atoms. The largest absolute Gasteiger partial charge is 0.488 e. The van der Waals surface area contributed by atoms with Crippen molar-refractivity contribution in [2.24, 2.45) is 0 Å². The molecule has 0 fully saturated rings. The van der Waals surface area contributed by atoms with Crippen molar-refractivity contribution in [3.63, 3.8) is 0 Å². The summed E-state index contributed by atoms with van der Waals surface area (Å²) in [4.78, 5) is 0. The van der Waals surface area contributed by atoms with Crippen LogP contribution in [-0.4, -0.2) is 92.4 Å². The molecule has 12 heteroatoms. The lowest BCUT2D eigenvalue weighted by Crippen LogP contribution is -2.16. The van der Waals surface area contributed by atoms with E-state index >= 15 is 0 Å². The second-order valence-electron chi connectivity index (χ2n) is 6.11. The van der Waals surface area contributed by atoms with Gasteiger partial charge in [0.1, 0.15) is 49.4 Å². The van der Waals surface area contributed by atoms with Crippen LogP contribution in [-0.2, 0) is 0 Å². The Morgan fingerprint density at radius 2 is 0.531 bits per heavy atom. The van der Waals surface area contributed by atoms with Gasteiger partial charge in [-0.3, -0.25) is 0 Å². The molecule has 0 unspecified atom stereocenters. The molecule has 0 aliphatic rings. The first-order valence-electron chi connectivity index (χ1n) is 9.31. The van der Waals surface area contributed by atoms with Gasteiger partial charge in [0, 0.05) is 0 Å². The van der Waals surface area contributed by atoms with Crippen LogP contribution < -0.4 is 18.9 Å². The third-order valence-electron chi connectivity index (χ3n) is 3.24. The van der Waals surface area contributed by atoms with Crippen molar-refractivity contribution in [2.45, 2.75) is 25.2 Å². The number of aliphatic hydroxyl groups excluding tert-OH is 4. The van der Waals surface area contributed by atoms with Crippen LogP contribution in [0.2, 0.25) is 0 Å². The Morgan fingerprint density at radius 3 is 0.656 bits per heavy atom. The first-order chi connectivity index (χ1) is 15.2. The number of ether oxygens (including phenoxy) is 4. The summed E-state index contributed by atoms with van der Waals surface area (Å²) in [5, 5.41) is 68.5. The van der Waals surface area contributed by atoms with Crippen molar-refractivity contribution in [3.8, 4) is 23.0 Å². The number of hydrogen-bond donors (Lipinski definition) is 8. The zero-order chi connectivity index (χ0) is 23.9. The fraction of sp³-hybridized carbons (Fsp3) is 0.400. The minimum atomic E-state index is -1.51. The molecule has 0 saturated carbocycles. The monoisotopic (exact) mass is 460 g/mol. The molecule has 0 atom stereocenters. The Bertz CT molecular complexity index is 591. The van der Waals surface area contributed by atoms with E-state index in [1.54, 1.807) is 48.5 Å². The molecule has 8 N–H and O–H groups in total.